The van der Waals surface area contributed by atoms with Crippen LogP contribution >= 0.6 is 0 Å². The summed E-state index contributed by atoms with van der Waals surface area (Å²) in [6, 6.07) is 22.5. The number of phenolic OH excluding ortho intramolecular Hbond substituents is 2. The van der Waals surface area contributed by atoms with Crippen LogP contribution in [0.1, 0.15) is 11.3 Å². The zero-order valence-corrected chi connectivity index (χ0v) is 17.4. The van der Waals surface area contributed by atoms with E-state index in [1.807, 2.05) is 30.3 Å². The maximum Gasteiger partial charge on any atom is 0.327 e. The first-order valence-electron chi connectivity index (χ1n) is 10.0. The highest BCUT2D eigenvalue weighted by molar-refractivity contribution is 6.01. The lowest BCUT2D eigenvalue weighted by Crippen LogP contribution is -2.32. The number of rotatable bonds is 5. The lowest BCUT2D eigenvalue weighted by molar-refractivity contribution is 0.258. The van der Waals surface area contributed by atoms with Gasteiger partial charge in [-0.1, -0.05) is 30.3 Å². The molecule has 0 saturated carbocycles. The number of carbonyl (C=O) groups is 1. The average Bonchev–Trinajstić information content (AvgIpc) is 2.81. The summed E-state index contributed by atoms with van der Waals surface area (Å²) in [4.78, 5) is 23.5. The number of hydrogen-bond acceptors (Lipinski definition) is 5. The third-order valence-electron chi connectivity index (χ3n) is 4.99. The highest BCUT2D eigenvalue weighted by atomic mass is 16.3. The number of anilines is 2. The van der Waals surface area contributed by atoms with Gasteiger partial charge in [-0.05, 0) is 54.1 Å². The van der Waals surface area contributed by atoms with Crippen LogP contribution in [0.3, 0.4) is 0 Å². The molecule has 0 atom stereocenters. The van der Waals surface area contributed by atoms with Gasteiger partial charge < -0.3 is 10.2 Å². The molecule has 0 unspecified atom stereocenters. The second-order valence-electron chi connectivity index (χ2n) is 7.27. The van der Waals surface area contributed by atoms with Crippen LogP contribution < -0.4 is 10.2 Å². The zero-order valence-electron chi connectivity index (χ0n) is 17.4. The highest BCUT2D eigenvalue weighted by Crippen LogP contribution is 2.24. The van der Waals surface area contributed by atoms with Crippen molar-refractivity contribution in [3.8, 4) is 22.8 Å². The standard InChI is InChI=1S/C25H22N4O3/c1-29(19-9-13-21(31)14-10-19)25(32)28-24-22(15-17-5-3-2-4-6-17)27-23(16-26-24)18-7-11-20(30)12-8-18/h2-14,16,30-31H,15H2,1H3,(H,26,28,32). The molecule has 1 aromatic heterocycles. The molecule has 1 heterocycles. The SMILES string of the molecule is CN(C(=O)Nc1ncc(-c2ccc(O)cc2)nc1Cc1ccccc1)c1ccc(O)cc1. The van der Waals surface area contributed by atoms with E-state index in [-0.39, 0.29) is 17.5 Å². The Hall–Kier alpha value is -4.39. The molecule has 0 aliphatic heterocycles. The Balaban J connectivity index is 1.64. The lowest BCUT2D eigenvalue weighted by atomic mass is 10.1. The first kappa shape index (κ1) is 20.9. The number of aromatic nitrogens is 2. The van der Waals surface area contributed by atoms with Crippen molar-refractivity contribution in [3.63, 3.8) is 0 Å². The third-order valence-corrected chi connectivity index (χ3v) is 4.99. The van der Waals surface area contributed by atoms with Gasteiger partial charge >= 0.3 is 6.03 Å². The van der Waals surface area contributed by atoms with Crippen LogP contribution in [-0.4, -0.2) is 33.3 Å². The van der Waals surface area contributed by atoms with Crippen LogP contribution in [0.25, 0.3) is 11.3 Å². The first-order valence-corrected chi connectivity index (χ1v) is 10.0. The van der Waals surface area contributed by atoms with Crippen molar-refractivity contribution in [2.24, 2.45) is 0 Å². The minimum atomic E-state index is -0.378. The Morgan fingerprint density at radius 3 is 2.19 bits per heavy atom. The van der Waals surface area contributed by atoms with Crippen LogP contribution in [0.15, 0.2) is 85.1 Å². The maximum absolute atomic E-state index is 12.9. The van der Waals surface area contributed by atoms with E-state index in [0.717, 1.165) is 11.1 Å². The predicted molar refractivity (Wildman–Crippen MR) is 124 cm³/mol. The number of nitrogens with zero attached hydrogens (tertiary/aromatic N) is 3. The number of amides is 2. The molecule has 3 N–H and O–H groups in total. The molecular weight excluding hydrogens is 404 g/mol. The first-order chi connectivity index (χ1) is 15.5. The Labute approximate surface area is 185 Å². The molecule has 0 spiro atoms. The molecule has 4 aromatic rings. The normalized spacial score (nSPS) is 10.5. The van der Waals surface area contributed by atoms with E-state index in [2.05, 4.69) is 10.3 Å². The van der Waals surface area contributed by atoms with Crippen molar-refractivity contribution in [3.05, 3.63) is 96.3 Å². The van der Waals surface area contributed by atoms with Gasteiger partial charge in [-0.3, -0.25) is 10.2 Å². The number of aromatic hydroxyl groups is 2. The second kappa shape index (κ2) is 9.18. The summed E-state index contributed by atoms with van der Waals surface area (Å²) in [6.07, 6.45) is 2.08. The average molecular weight is 426 g/mol. The molecule has 160 valence electrons. The van der Waals surface area contributed by atoms with Crippen molar-refractivity contribution in [2.45, 2.75) is 6.42 Å². The summed E-state index contributed by atoms with van der Waals surface area (Å²) >= 11 is 0. The molecule has 7 heteroatoms. The fraction of sp³-hybridized carbons (Fsp3) is 0.0800. The van der Waals surface area contributed by atoms with Gasteiger partial charge in [0.15, 0.2) is 5.82 Å². The van der Waals surface area contributed by atoms with E-state index < -0.39 is 0 Å². The van der Waals surface area contributed by atoms with Crippen LogP contribution in [0, 0.1) is 0 Å². The molecule has 0 fully saturated rings. The van der Waals surface area contributed by atoms with E-state index in [1.165, 1.54) is 17.0 Å². The summed E-state index contributed by atoms with van der Waals surface area (Å²) in [5.74, 6) is 0.669. The molecule has 0 aliphatic carbocycles. The van der Waals surface area contributed by atoms with E-state index >= 15 is 0 Å². The van der Waals surface area contributed by atoms with Crippen LogP contribution in [0.2, 0.25) is 0 Å². The number of phenols is 2. The van der Waals surface area contributed by atoms with Gasteiger partial charge in [-0.25, -0.2) is 14.8 Å². The number of hydrogen-bond donors (Lipinski definition) is 3. The van der Waals surface area contributed by atoms with Gasteiger partial charge in [-0.2, -0.15) is 0 Å². The van der Waals surface area contributed by atoms with Crippen LogP contribution in [-0.2, 0) is 6.42 Å². The van der Waals surface area contributed by atoms with Crippen molar-refractivity contribution in [2.75, 3.05) is 17.3 Å². The van der Waals surface area contributed by atoms with Gasteiger partial charge in [-0.15, -0.1) is 0 Å². The topological polar surface area (TPSA) is 98.6 Å². The minimum absolute atomic E-state index is 0.128. The number of carbonyl (C=O) groups excluding carboxylic acids is 1. The molecule has 7 nitrogen and oxygen atoms in total. The summed E-state index contributed by atoms with van der Waals surface area (Å²) in [5, 5.41) is 21.9. The fourth-order valence-electron chi connectivity index (χ4n) is 3.19. The summed E-state index contributed by atoms with van der Waals surface area (Å²) in [7, 11) is 1.64. The fourth-order valence-corrected chi connectivity index (χ4v) is 3.19. The van der Waals surface area contributed by atoms with Crippen molar-refractivity contribution in [1.82, 2.24) is 9.97 Å². The monoisotopic (exact) mass is 426 g/mol. The molecule has 0 aliphatic rings. The van der Waals surface area contributed by atoms with Gasteiger partial charge in [0, 0.05) is 24.7 Å². The summed E-state index contributed by atoms with van der Waals surface area (Å²) in [6.45, 7) is 0. The third kappa shape index (κ3) is 4.84. The number of urea groups is 1. The van der Waals surface area contributed by atoms with Gasteiger partial charge in [0.1, 0.15) is 11.5 Å². The molecule has 4 rings (SSSR count). The van der Waals surface area contributed by atoms with Crippen LogP contribution in [0.5, 0.6) is 11.5 Å². The Morgan fingerprint density at radius 1 is 0.906 bits per heavy atom. The smallest absolute Gasteiger partial charge is 0.327 e. The number of benzene rings is 3. The highest BCUT2D eigenvalue weighted by Gasteiger charge is 2.16. The Kier molecular flexibility index (Phi) is 5.98. The summed E-state index contributed by atoms with van der Waals surface area (Å²) < 4.78 is 0. The van der Waals surface area contributed by atoms with E-state index in [9.17, 15) is 15.0 Å². The van der Waals surface area contributed by atoms with E-state index in [1.54, 1.807) is 49.6 Å². The molecule has 2 amide bonds. The Bertz CT molecular complexity index is 1210. The molecule has 0 bridgehead atoms. The lowest BCUT2D eigenvalue weighted by Gasteiger charge is -2.19. The largest absolute Gasteiger partial charge is 0.508 e. The van der Waals surface area contributed by atoms with Gasteiger partial charge in [0.25, 0.3) is 0 Å². The van der Waals surface area contributed by atoms with Crippen LogP contribution in [0.4, 0.5) is 16.3 Å². The van der Waals surface area contributed by atoms with Gasteiger partial charge in [0.05, 0.1) is 17.6 Å². The molecule has 0 saturated heterocycles. The van der Waals surface area contributed by atoms with E-state index in [0.29, 0.717) is 29.3 Å². The summed E-state index contributed by atoms with van der Waals surface area (Å²) in [5.41, 5.74) is 3.73. The predicted octanol–water partition coefficient (Wildman–Crippen LogP) is 4.81. The zero-order chi connectivity index (χ0) is 22.5. The van der Waals surface area contributed by atoms with E-state index in [4.69, 9.17) is 4.98 Å². The minimum Gasteiger partial charge on any atom is -0.508 e. The molecule has 32 heavy (non-hydrogen) atoms. The van der Waals surface area contributed by atoms with Crippen molar-refractivity contribution in [1.29, 1.82) is 0 Å². The van der Waals surface area contributed by atoms with Crippen molar-refractivity contribution < 1.29 is 15.0 Å². The van der Waals surface area contributed by atoms with Gasteiger partial charge in [0.2, 0.25) is 0 Å². The molecule has 3 aromatic carbocycles. The van der Waals surface area contributed by atoms with Crippen molar-refractivity contribution >= 4 is 17.5 Å². The second-order valence-corrected chi connectivity index (χ2v) is 7.27. The molecular formula is C25H22N4O3. The quantitative estimate of drug-likeness (QED) is 0.425. The Morgan fingerprint density at radius 2 is 1.53 bits per heavy atom. The number of nitrogens with one attached hydrogen (secondary N) is 1. The molecule has 0 radical (unpaired) electrons. The maximum atomic E-state index is 12.9.